The van der Waals surface area contributed by atoms with Crippen LogP contribution < -0.4 is 5.32 Å². The molecule has 7 heteroatoms. The Bertz CT molecular complexity index is 309. The van der Waals surface area contributed by atoms with Crippen molar-refractivity contribution in [2.45, 2.75) is 53.5 Å². The van der Waals surface area contributed by atoms with E-state index in [-0.39, 0.29) is 5.54 Å². The van der Waals surface area contributed by atoms with E-state index in [9.17, 15) is 0 Å². The largest absolute Gasteiger partial charge is 0.379 e. The third-order valence-corrected chi connectivity index (χ3v) is 3.76. The first-order chi connectivity index (χ1) is 13.7. The minimum Gasteiger partial charge on any atom is -0.379 e. The maximum atomic E-state index is 5.54. The lowest BCUT2D eigenvalue weighted by Crippen LogP contribution is -2.38. The zero-order chi connectivity index (χ0) is 21.8. The highest BCUT2D eigenvalue weighted by atomic mass is 16.6. The van der Waals surface area contributed by atoms with Crippen LogP contribution in [0.2, 0.25) is 0 Å². The molecule has 29 heavy (non-hydrogen) atoms. The van der Waals surface area contributed by atoms with Gasteiger partial charge < -0.3 is 33.7 Å². The molecule has 0 radical (unpaired) electrons. The van der Waals surface area contributed by atoms with Crippen molar-refractivity contribution in [1.29, 1.82) is 0 Å². The maximum Gasteiger partial charge on any atom is 0.0701 e. The molecule has 0 rings (SSSR count). The number of ether oxygens (including phenoxy) is 6. The molecule has 176 valence electrons. The predicted octanol–water partition coefficient (Wildman–Crippen LogP) is 2.91. The van der Waals surface area contributed by atoms with E-state index in [1.54, 1.807) is 0 Å². The normalized spacial score (nSPS) is 12.6. The Kier molecular flexibility index (Phi) is 18.3. The molecule has 0 aliphatic rings. The summed E-state index contributed by atoms with van der Waals surface area (Å²) in [4.78, 5) is 0. The molecule has 0 amide bonds. The average Bonchev–Trinajstić information content (AvgIpc) is 2.61. The highest BCUT2D eigenvalue weighted by molar-refractivity contribution is 4.69. The molecule has 0 saturated carbocycles. The second-order valence-electron chi connectivity index (χ2n) is 9.16. The van der Waals surface area contributed by atoms with Gasteiger partial charge in [-0.2, -0.15) is 0 Å². The summed E-state index contributed by atoms with van der Waals surface area (Å²) in [5, 5.41) is 3.37. The Morgan fingerprint density at radius 2 is 0.759 bits per heavy atom. The molecule has 0 fully saturated rings. The summed E-state index contributed by atoms with van der Waals surface area (Å²) in [6.45, 7) is 21.3. The summed E-state index contributed by atoms with van der Waals surface area (Å²) < 4.78 is 32.9. The van der Waals surface area contributed by atoms with Gasteiger partial charge in [-0.25, -0.2) is 0 Å². The van der Waals surface area contributed by atoms with Gasteiger partial charge in [0.05, 0.1) is 72.7 Å². The second kappa shape index (κ2) is 18.5. The van der Waals surface area contributed by atoms with Crippen LogP contribution in [0.1, 0.15) is 48.0 Å². The molecule has 0 atom stereocenters. The molecule has 0 spiro atoms. The molecule has 0 aliphatic heterocycles. The molecule has 0 saturated heterocycles. The molecule has 0 aromatic carbocycles. The van der Waals surface area contributed by atoms with Gasteiger partial charge in [-0.3, -0.25) is 0 Å². The summed E-state index contributed by atoms with van der Waals surface area (Å²) in [5.74, 6) is 0. The average molecular weight is 422 g/mol. The Hall–Kier alpha value is -0.280. The first-order valence-corrected chi connectivity index (χ1v) is 10.9. The van der Waals surface area contributed by atoms with Gasteiger partial charge in [0.2, 0.25) is 0 Å². The first-order valence-electron chi connectivity index (χ1n) is 10.9. The van der Waals surface area contributed by atoms with E-state index in [0.717, 1.165) is 19.6 Å². The Balaban J connectivity index is 3.07. The molecule has 0 heterocycles. The van der Waals surface area contributed by atoms with Gasteiger partial charge in [-0.15, -0.1) is 0 Å². The lowest BCUT2D eigenvalue weighted by atomic mass is 9.93. The number of hydrogen-bond donors (Lipinski definition) is 1. The van der Waals surface area contributed by atoms with Gasteiger partial charge in [0, 0.05) is 18.7 Å². The fraction of sp³-hybridized carbons (Fsp3) is 1.00. The molecule has 0 aromatic rings. The van der Waals surface area contributed by atoms with E-state index in [1.165, 1.54) is 0 Å². The van der Waals surface area contributed by atoms with Crippen LogP contribution >= 0.6 is 0 Å². The summed E-state index contributed by atoms with van der Waals surface area (Å²) in [6.07, 6.45) is 1.06. The van der Waals surface area contributed by atoms with E-state index in [0.29, 0.717) is 78.1 Å². The third-order valence-electron chi connectivity index (χ3n) is 3.76. The fourth-order valence-corrected chi connectivity index (χ4v) is 2.08. The van der Waals surface area contributed by atoms with Crippen molar-refractivity contribution in [3.05, 3.63) is 0 Å². The summed E-state index contributed by atoms with van der Waals surface area (Å²) in [5.41, 5.74) is 0.454. The highest BCUT2D eigenvalue weighted by Gasteiger charge is 2.09. The van der Waals surface area contributed by atoms with Gasteiger partial charge in [-0.1, -0.05) is 20.8 Å². The molecular weight excluding hydrogens is 374 g/mol. The van der Waals surface area contributed by atoms with E-state index < -0.39 is 0 Å². The van der Waals surface area contributed by atoms with E-state index in [1.807, 2.05) is 0 Å². The first kappa shape index (κ1) is 28.7. The Morgan fingerprint density at radius 3 is 1.07 bits per heavy atom. The molecule has 1 N–H and O–H groups in total. The zero-order valence-corrected chi connectivity index (χ0v) is 19.8. The van der Waals surface area contributed by atoms with Crippen molar-refractivity contribution in [2.75, 3.05) is 85.8 Å². The predicted molar refractivity (Wildman–Crippen MR) is 117 cm³/mol. The van der Waals surface area contributed by atoms with Crippen molar-refractivity contribution >= 4 is 0 Å². The summed E-state index contributed by atoms with van der Waals surface area (Å²) in [7, 11) is 0. The lowest BCUT2D eigenvalue weighted by Gasteiger charge is -2.20. The molecule has 7 nitrogen and oxygen atoms in total. The Morgan fingerprint density at radius 1 is 0.448 bits per heavy atom. The van der Waals surface area contributed by atoms with Crippen LogP contribution in [0.25, 0.3) is 0 Å². The van der Waals surface area contributed by atoms with Crippen molar-refractivity contribution in [3.8, 4) is 0 Å². The van der Waals surface area contributed by atoms with Gasteiger partial charge in [0.15, 0.2) is 0 Å². The van der Waals surface area contributed by atoms with Crippen molar-refractivity contribution < 1.29 is 28.4 Å². The quantitative estimate of drug-likeness (QED) is 0.303. The highest BCUT2D eigenvalue weighted by Crippen LogP contribution is 2.17. The zero-order valence-electron chi connectivity index (χ0n) is 19.8. The monoisotopic (exact) mass is 421 g/mol. The molecule has 0 bridgehead atoms. The minimum absolute atomic E-state index is 0.134. The van der Waals surface area contributed by atoms with E-state index >= 15 is 0 Å². The minimum atomic E-state index is 0.134. The molecule has 0 aliphatic carbocycles. The summed E-state index contributed by atoms with van der Waals surface area (Å²) in [6, 6.07) is 0. The van der Waals surface area contributed by atoms with Gasteiger partial charge >= 0.3 is 0 Å². The van der Waals surface area contributed by atoms with Crippen LogP contribution in [0.3, 0.4) is 0 Å². The Labute approximate surface area is 179 Å². The molecular formula is C22H47NO6. The van der Waals surface area contributed by atoms with Gasteiger partial charge in [-0.05, 0) is 32.6 Å². The van der Waals surface area contributed by atoms with Crippen LogP contribution in [-0.2, 0) is 28.4 Å². The standard InChI is InChI=1S/C22H47NO6/c1-21(2,3)7-9-24-11-13-26-15-17-28-19-20-29-18-16-27-14-12-25-10-8-23-22(4,5)6/h23H,7-20H2,1-6H3. The van der Waals surface area contributed by atoms with E-state index in [2.05, 4.69) is 46.9 Å². The van der Waals surface area contributed by atoms with Crippen LogP contribution in [0.4, 0.5) is 0 Å². The maximum absolute atomic E-state index is 5.54. The lowest BCUT2D eigenvalue weighted by molar-refractivity contribution is -0.0175. The smallest absolute Gasteiger partial charge is 0.0701 e. The summed E-state index contributed by atoms with van der Waals surface area (Å²) >= 11 is 0. The number of nitrogens with one attached hydrogen (secondary N) is 1. The van der Waals surface area contributed by atoms with Gasteiger partial charge in [0.25, 0.3) is 0 Å². The van der Waals surface area contributed by atoms with Crippen LogP contribution in [-0.4, -0.2) is 91.4 Å². The van der Waals surface area contributed by atoms with E-state index in [4.69, 9.17) is 28.4 Å². The number of hydrogen-bond acceptors (Lipinski definition) is 7. The fourth-order valence-electron chi connectivity index (χ4n) is 2.08. The third kappa shape index (κ3) is 27.7. The SMILES string of the molecule is CC(C)(C)CCOCCOCCOCCOCCOCCOCCNC(C)(C)C. The van der Waals surface area contributed by atoms with Crippen LogP contribution in [0, 0.1) is 5.41 Å². The molecule has 0 unspecified atom stereocenters. The van der Waals surface area contributed by atoms with Crippen molar-refractivity contribution in [1.82, 2.24) is 5.32 Å². The molecule has 0 aromatic heterocycles. The second-order valence-corrected chi connectivity index (χ2v) is 9.16. The topological polar surface area (TPSA) is 67.4 Å². The number of rotatable bonds is 20. The van der Waals surface area contributed by atoms with Crippen molar-refractivity contribution in [2.24, 2.45) is 5.41 Å². The van der Waals surface area contributed by atoms with Gasteiger partial charge in [0.1, 0.15) is 0 Å². The van der Waals surface area contributed by atoms with Crippen molar-refractivity contribution in [3.63, 3.8) is 0 Å². The van der Waals surface area contributed by atoms with Crippen LogP contribution in [0.15, 0.2) is 0 Å². The van der Waals surface area contributed by atoms with Crippen LogP contribution in [0.5, 0.6) is 0 Å².